The fourth-order valence-electron chi connectivity index (χ4n) is 2.36. The van der Waals surface area contributed by atoms with Gasteiger partial charge in [-0.05, 0) is 23.6 Å². The summed E-state index contributed by atoms with van der Waals surface area (Å²) in [5.41, 5.74) is 2.04. The quantitative estimate of drug-likeness (QED) is 0.668. The Hall–Kier alpha value is -2.93. The topological polar surface area (TPSA) is 76.0 Å². The molecule has 0 unspecified atom stereocenters. The summed E-state index contributed by atoms with van der Waals surface area (Å²) in [5.74, 6) is -0.332. The highest BCUT2D eigenvalue weighted by molar-refractivity contribution is 7.13. The van der Waals surface area contributed by atoms with E-state index in [0.717, 1.165) is 10.6 Å². The fourth-order valence-corrected chi connectivity index (χ4v) is 3.08. The van der Waals surface area contributed by atoms with Gasteiger partial charge < -0.3 is 10.6 Å². The predicted molar refractivity (Wildman–Crippen MR) is 97.9 cm³/mol. The van der Waals surface area contributed by atoms with Gasteiger partial charge in [0.1, 0.15) is 5.69 Å². The minimum Gasteiger partial charge on any atom is -0.355 e. The Morgan fingerprint density at radius 1 is 1.08 bits per heavy atom. The molecule has 128 valence electrons. The molecule has 0 spiro atoms. The van der Waals surface area contributed by atoms with Crippen LogP contribution in [0.3, 0.4) is 0 Å². The summed E-state index contributed by atoms with van der Waals surface area (Å²) in [7, 11) is 0. The molecule has 3 rings (SSSR count). The maximum Gasteiger partial charge on any atom is 0.255 e. The Balaban J connectivity index is 1.85. The summed E-state index contributed by atoms with van der Waals surface area (Å²) < 4.78 is 1.71. The standard InChI is InChI=1S/C18H18N4O2S/c1-13(23)19-9-10-20-18(24)15-12-22(14-6-3-2-4-7-14)21-17(15)16-8-5-11-25-16/h2-8,11-12H,9-10H2,1H3,(H,19,23)(H,20,24). The summed E-state index contributed by atoms with van der Waals surface area (Å²) in [5, 5.41) is 12.0. The normalized spacial score (nSPS) is 10.4. The SMILES string of the molecule is CC(=O)NCCNC(=O)c1cn(-c2ccccc2)nc1-c1cccs1. The zero-order valence-corrected chi connectivity index (χ0v) is 14.5. The number of hydrogen-bond acceptors (Lipinski definition) is 4. The van der Waals surface area contributed by atoms with Gasteiger partial charge in [0.25, 0.3) is 5.91 Å². The number of carbonyl (C=O) groups is 2. The Kier molecular flexibility index (Phi) is 5.25. The summed E-state index contributed by atoms with van der Waals surface area (Å²) >= 11 is 1.54. The van der Waals surface area contributed by atoms with Crippen molar-refractivity contribution in [2.24, 2.45) is 0 Å². The van der Waals surface area contributed by atoms with Crippen LogP contribution in [0.25, 0.3) is 16.3 Å². The van der Waals surface area contributed by atoms with E-state index in [-0.39, 0.29) is 11.8 Å². The van der Waals surface area contributed by atoms with E-state index in [4.69, 9.17) is 0 Å². The van der Waals surface area contributed by atoms with E-state index in [1.165, 1.54) is 18.3 Å². The van der Waals surface area contributed by atoms with Gasteiger partial charge in [0, 0.05) is 26.2 Å². The van der Waals surface area contributed by atoms with Gasteiger partial charge in [0.15, 0.2) is 0 Å². The number of rotatable bonds is 6. The average molecular weight is 354 g/mol. The largest absolute Gasteiger partial charge is 0.355 e. The predicted octanol–water partition coefficient (Wildman–Crippen LogP) is 2.47. The first-order valence-corrected chi connectivity index (χ1v) is 8.74. The highest BCUT2D eigenvalue weighted by Crippen LogP contribution is 2.27. The Bertz CT molecular complexity index is 857. The van der Waals surface area contributed by atoms with Crippen molar-refractivity contribution in [2.75, 3.05) is 13.1 Å². The molecular formula is C18H18N4O2S. The monoisotopic (exact) mass is 354 g/mol. The minimum absolute atomic E-state index is 0.120. The van der Waals surface area contributed by atoms with Crippen LogP contribution < -0.4 is 10.6 Å². The Morgan fingerprint density at radius 2 is 1.84 bits per heavy atom. The molecule has 0 radical (unpaired) electrons. The molecule has 0 atom stereocenters. The minimum atomic E-state index is -0.212. The fraction of sp³-hybridized carbons (Fsp3) is 0.167. The molecule has 0 fully saturated rings. The van der Waals surface area contributed by atoms with Crippen molar-refractivity contribution in [3.63, 3.8) is 0 Å². The van der Waals surface area contributed by atoms with Gasteiger partial charge in [0.2, 0.25) is 5.91 Å². The second-order valence-corrected chi connectivity index (χ2v) is 6.34. The van der Waals surface area contributed by atoms with Gasteiger partial charge in [-0.25, -0.2) is 4.68 Å². The first kappa shape index (κ1) is 16.9. The molecule has 1 aromatic carbocycles. The summed E-state index contributed by atoms with van der Waals surface area (Å²) in [6.45, 7) is 2.20. The maximum atomic E-state index is 12.6. The number of aromatic nitrogens is 2. The maximum absolute atomic E-state index is 12.6. The van der Waals surface area contributed by atoms with E-state index in [1.54, 1.807) is 10.9 Å². The lowest BCUT2D eigenvalue weighted by Crippen LogP contribution is -2.33. The average Bonchev–Trinajstić information content (AvgIpc) is 3.28. The van der Waals surface area contributed by atoms with E-state index in [0.29, 0.717) is 24.3 Å². The van der Waals surface area contributed by atoms with E-state index in [1.807, 2.05) is 47.8 Å². The Labute approximate surface area is 149 Å². The molecule has 25 heavy (non-hydrogen) atoms. The van der Waals surface area contributed by atoms with Crippen molar-refractivity contribution in [3.8, 4) is 16.3 Å². The number of thiophene rings is 1. The Morgan fingerprint density at radius 3 is 2.52 bits per heavy atom. The lowest BCUT2D eigenvalue weighted by atomic mass is 10.2. The van der Waals surface area contributed by atoms with Crippen molar-refractivity contribution in [1.29, 1.82) is 0 Å². The smallest absolute Gasteiger partial charge is 0.255 e. The van der Waals surface area contributed by atoms with E-state index >= 15 is 0 Å². The van der Waals surface area contributed by atoms with Crippen LogP contribution in [-0.2, 0) is 4.79 Å². The van der Waals surface area contributed by atoms with Crippen LogP contribution in [0.4, 0.5) is 0 Å². The third-order valence-electron chi connectivity index (χ3n) is 3.52. The van der Waals surface area contributed by atoms with Gasteiger partial charge in [-0.15, -0.1) is 11.3 Å². The van der Waals surface area contributed by atoms with Crippen LogP contribution in [0.15, 0.2) is 54.0 Å². The highest BCUT2D eigenvalue weighted by Gasteiger charge is 2.19. The van der Waals surface area contributed by atoms with Crippen molar-refractivity contribution in [3.05, 3.63) is 59.6 Å². The summed E-state index contributed by atoms with van der Waals surface area (Å²) in [6, 6.07) is 13.5. The van der Waals surface area contributed by atoms with Crippen molar-refractivity contribution in [2.45, 2.75) is 6.92 Å². The molecule has 2 aromatic heterocycles. The highest BCUT2D eigenvalue weighted by atomic mass is 32.1. The zero-order valence-electron chi connectivity index (χ0n) is 13.7. The molecule has 0 aliphatic carbocycles. The van der Waals surface area contributed by atoms with Gasteiger partial charge in [-0.1, -0.05) is 24.3 Å². The third-order valence-corrected chi connectivity index (χ3v) is 4.40. The van der Waals surface area contributed by atoms with E-state index in [9.17, 15) is 9.59 Å². The van der Waals surface area contributed by atoms with Crippen LogP contribution in [0.5, 0.6) is 0 Å². The zero-order chi connectivity index (χ0) is 17.6. The van der Waals surface area contributed by atoms with Gasteiger partial charge in [0.05, 0.1) is 16.1 Å². The second kappa shape index (κ2) is 7.76. The van der Waals surface area contributed by atoms with Gasteiger partial charge in [-0.3, -0.25) is 9.59 Å². The first-order chi connectivity index (χ1) is 12.1. The number of nitrogens with zero attached hydrogens (tertiary/aromatic N) is 2. The molecule has 2 heterocycles. The number of nitrogens with one attached hydrogen (secondary N) is 2. The second-order valence-electron chi connectivity index (χ2n) is 5.39. The van der Waals surface area contributed by atoms with Crippen molar-refractivity contribution >= 4 is 23.2 Å². The molecule has 0 aliphatic rings. The van der Waals surface area contributed by atoms with Crippen LogP contribution in [0.1, 0.15) is 17.3 Å². The van der Waals surface area contributed by atoms with Gasteiger partial charge >= 0.3 is 0 Å². The molecule has 0 bridgehead atoms. The molecule has 0 saturated heterocycles. The number of para-hydroxylation sites is 1. The van der Waals surface area contributed by atoms with Crippen LogP contribution >= 0.6 is 11.3 Å². The van der Waals surface area contributed by atoms with E-state index < -0.39 is 0 Å². The number of benzene rings is 1. The van der Waals surface area contributed by atoms with Crippen LogP contribution in [-0.4, -0.2) is 34.7 Å². The number of carbonyl (C=O) groups excluding carboxylic acids is 2. The molecule has 2 amide bonds. The molecule has 3 aromatic rings. The molecule has 0 saturated carbocycles. The lowest BCUT2D eigenvalue weighted by molar-refractivity contribution is -0.118. The van der Waals surface area contributed by atoms with Crippen molar-refractivity contribution in [1.82, 2.24) is 20.4 Å². The first-order valence-electron chi connectivity index (χ1n) is 7.87. The van der Waals surface area contributed by atoms with E-state index in [2.05, 4.69) is 15.7 Å². The number of hydrogen-bond donors (Lipinski definition) is 2. The molecule has 0 aliphatic heterocycles. The molecule has 6 nitrogen and oxygen atoms in total. The molecule has 7 heteroatoms. The van der Waals surface area contributed by atoms with Crippen molar-refractivity contribution < 1.29 is 9.59 Å². The summed E-state index contributed by atoms with van der Waals surface area (Å²) in [6.07, 6.45) is 1.73. The van der Waals surface area contributed by atoms with Crippen LogP contribution in [0.2, 0.25) is 0 Å². The molecule has 2 N–H and O–H groups in total. The van der Waals surface area contributed by atoms with Gasteiger partial charge in [-0.2, -0.15) is 5.10 Å². The number of amides is 2. The van der Waals surface area contributed by atoms with Crippen LogP contribution in [0, 0.1) is 0 Å². The summed E-state index contributed by atoms with van der Waals surface area (Å²) in [4.78, 5) is 24.4. The third kappa shape index (κ3) is 4.13. The molecular weight excluding hydrogens is 336 g/mol. The lowest BCUT2D eigenvalue weighted by Gasteiger charge is -2.05.